The molecule has 1 N–H and O–H groups in total. The van der Waals surface area contributed by atoms with Gasteiger partial charge in [0.1, 0.15) is 0 Å². The molecular formula is C15H26N2O. The Labute approximate surface area is 111 Å². The van der Waals surface area contributed by atoms with E-state index < -0.39 is 0 Å². The summed E-state index contributed by atoms with van der Waals surface area (Å²) < 4.78 is 5.68. The van der Waals surface area contributed by atoms with Crippen molar-refractivity contribution in [2.24, 2.45) is 5.92 Å². The van der Waals surface area contributed by atoms with Gasteiger partial charge in [0.2, 0.25) is 0 Å². The van der Waals surface area contributed by atoms with Gasteiger partial charge in [0.25, 0.3) is 0 Å². The molecule has 0 saturated heterocycles. The van der Waals surface area contributed by atoms with Crippen LogP contribution in [0.15, 0.2) is 18.3 Å². The normalized spacial score (nSPS) is 12.6. The Morgan fingerprint density at radius 1 is 1.33 bits per heavy atom. The van der Waals surface area contributed by atoms with Gasteiger partial charge in [-0.1, -0.05) is 33.3 Å². The molecule has 1 aromatic rings. The summed E-state index contributed by atoms with van der Waals surface area (Å²) in [6, 6.07) is 4.17. The molecule has 1 rings (SSSR count). The summed E-state index contributed by atoms with van der Waals surface area (Å²) in [7, 11) is 0. The number of pyridine rings is 1. The van der Waals surface area contributed by atoms with Crippen molar-refractivity contribution in [3.63, 3.8) is 0 Å². The lowest BCUT2D eigenvalue weighted by atomic mass is 10.1. The molecule has 0 aliphatic carbocycles. The third-order valence-electron chi connectivity index (χ3n) is 2.90. The van der Waals surface area contributed by atoms with E-state index in [9.17, 15) is 0 Å². The fourth-order valence-electron chi connectivity index (χ4n) is 1.86. The summed E-state index contributed by atoms with van der Waals surface area (Å²) in [5, 5.41) is 3.28. The van der Waals surface area contributed by atoms with Gasteiger partial charge >= 0.3 is 0 Å². The number of hydrogen-bond acceptors (Lipinski definition) is 3. The summed E-state index contributed by atoms with van der Waals surface area (Å²) in [6.45, 7) is 9.87. The molecule has 18 heavy (non-hydrogen) atoms. The summed E-state index contributed by atoms with van der Waals surface area (Å²) >= 11 is 0. The van der Waals surface area contributed by atoms with Crippen LogP contribution in [-0.2, 0) is 17.9 Å². The molecule has 0 saturated carbocycles. The van der Waals surface area contributed by atoms with Gasteiger partial charge in [0.05, 0.1) is 12.3 Å². The highest BCUT2D eigenvalue weighted by molar-refractivity contribution is 5.13. The Morgan fingerprint density at radius 3 is 2.78 bits per heavy atom. The molecule has 3 nitrogen and oxygen atoms in total. The quantitative estimate of drug-likeness (QED) is 0.731. The molecule has 0 spiro atoms. The SMILES string of the molecule is CCCC(C)COCc1ccc(CNCC)cn1. The Bertz CT molecular complexity index is 311. The molecule has 1 atom stereocenters. The van der Waals surface area contributed by atoms with Crippen LogP contribution in [0.3, 0.4) is 0 Å². The molecule has 0 aliphatic heterocycles. The van der Waals surface area contributed by atoms with Crippen LogP contribution in [0.5, 0.6) is 0 Å². The minimum absolute atomic E-state index is 0.621. The fourth-order valence-corrected chi connectivity index (χ4v) is 1.86. The molecule has 0 fully saturated rings. The molecule has 102 valence electrons. The Kier molecular flexibility index (Phi) is 7.62. The second kappa shape index (κ2) is 9.06. The first-order chi connectivity index (χ1) is 8.76. The van der Waals surface area contributed by atoms with E-state index in [1.54, 1.807) is 0 Å². The molecule has 0 aromatic carbocycles. The maximum atomic E-state index is 5.68. The number of nitrogens with one attached hydrogen (secondary N) is 1. The highest BCUT2D eigenvalue weighted by Crippen LogP contribution is 2.07. The zero-order valence-electron chi connectivity index (χ0n) is 11.9. The Hall–Kier alpha value is -0.930. The second-order valence-electron chi connectivity index (χ2n) is 4.85. The standard InChI is InChI=1S/C15H26N2O/c1-4-6-13(3)11-18-12-15-8-7-14(10-17-15)9-16-5-2/h7-8,10,13,16H,4-6,9,11-12H2,1-3H3. The van der Waals surface area contributed by atoms with Crippen molar-refractivity contribution < 1.29 is 4.74 Å². The van der Waals surface area contributed by atoms with Crippen LogP contribution in [0.1, 0.15) is 44.9 Å². The van der Waals surface area contributed by atoms with Crippen molar-refractivity contribution in [1.29, 1.82) is 0 Å². The first-order valence-electron chi connectivity index (χ1n) is 6.98. The van der Waals surface area contributed by atoms with Crippen LogP contribution in [-0.4, -0.2) is 18.1 Å². The van der Waals surface area contributed by atoms with Crippen molar-refractivity contribution in [3.05, 3.63) is 29.6 Å². The first-order valence-corrected chi connectivity index (χ1v) is 6.98. The van der Waals surface area contributed by atoms with Crippen molar-refractivity contribution in [2.45, 2.75) is 46.8 Å². The highest BCUT2D eigenvalue weighted by atomic mass is 16.5. The fraction of sp³-hybridized carbons (Fsp3) is 0.667. The topological polar surface area (TPSA) is 34.1 Å². The molecular weight excluding hydrogens is 224 g/mol. The maximum absolute atomic E-state index is 5.68. The summed E-state index contributed by atoms with van der Waals surface area (Å²) in [6.07, 6.45) is 4.38. The van der Waals surface area contributed by atoms with Crippen LogP contribution in [0.2, 0.25) is 0 Å². The van der Waals surface area contributed by atoms with E-state index in [0.717, 1.165) is 25.4 Å². The van der Waals surface area contributed by atoms with E-state index in [2.05, 4.69) is 43.2 Å². The minimum atomic E-state index is 0.621. The lowest BCUT2D eigenvalue weighted by molar-refractivity contribution is 0.0872. The number of aromatic nitrogens is 1. The molecule has 0 bridgehead atoms. The molecule has 0 radical (unpaired) electrons. The Morgan fingerprint density at radius 2 is 2.17 bits per heavy atom. The molecule has 1 heterocycles. The summed E-state index contributed by atoms with van der Waals surface area (Å²) in [5.41, 5.74) is 2.24. The monoisotopic (exact) mass is 250 g/mol. The van der Waals surface area contributed by atoms with E-state index in [1.165, 1.54) is 18.4 Å². The third-order valence-corrected chi connectivity index (χ3v) is 2.90. The van der Waals surface area contributed by atoms with Crippen molar-refractivity contribution in [1.82, 2.24) is 10.3 Å². The number of hydrogen-bond donors (Lipinski definition) is 1. The summed E-state index contributed by atoms with van der Waals surface area (Å²) in [4.78, 5) is 4.41. The van der Waals surface area contributed by atoms with Crippen LogP contribution in [0, 0.1) is 5.92 Å². The van der Waals surface area contributed by atoms with Gasteiger partial charge in [-0.2, -0.15) is 0 Å². The lowest BCUT2D eigenvalue weighted by Crippen LogP contribution is -2.12. The number of nitrogens with zero attached hydrogens (tertiary/aromatic N) is 1. The third kappa shape index (κ3) is 6.12. The van der Waals surface area contributed by atoms with Gasteiger partial charge in [-0.05, 0) is 30.5 Å². The number of rotatable bonds is 9. The predicted molar refractivity (Wildman–Crippen MR) is 75.3 cm³/mol. The molecule has 0 amide bonds. The largest absolute Gasteiger partial charge is 0.375 e. The minimum Gasteiger partial charge on any atom is -0.375 e. The molecule has 1 unspecified atom stereocenters. The second-order valence-corrected chi connectivity index (χ2v) is 4.85. The van der Waals surface area contributed by atoms with E-state index >= 15 is 0 Å². The van der Waals surface area contributed by atoms with Crippen molar-refractivity contribution in [2.75, 3.05) is 13.2 Å². The number of ether oxygens (including phenoxy) is 1. The van der Waals surface area contributed by atoms with Gasteiger partial charge in [0, 0.05) is 19.3 Å². The van der Waals surface area contributed by atoms with Crippen LogP contribution < -0.4 is 5.32 Å². The predicted octanol–water partition coefficient (Wildman–Crippen LogP) is 3.14. The molecule has 3 heteroatoms. The zero-order chi connectivity index (χ0) is 13.2. The van der Waals surface area contributed by atoms with E-state index in [1.807, 2.05) is 6.20 Å². The average molecular weight is 250 g/mol. The lowest BCUT2D eigenvalue weighted by Gasteiger charge is -2.10. The van der Waals surface area contributed by atoms with Gasteiger partial charge in [-0.25, -0.2) is 0 Å². The van der Waals surface area contributed by atoms with Gasteiger partial charge in [0.15, 0.2) is 0 Å². The zero-order valence-corrected chi connectivity index (χ0v) is 11.9. The van der Waals surface area contributed by atoms with E-state index in [4.69, 9.17) is 4.74 Å². The smallest absolute Gasteiger partial charge is 0.0887 e. The van der Waals surface area contributed by atoms with Crippen molar-refractivity contribution in [3.8, 4) is 0 Å². The van der Waals surface area contributed by atoms with Gasteiger partial charge < -0.3 is 10.1 Å². The highest BCUT2D eigenvalue weighted by Gasteiger charge is 2.01. The summed E-state index contributed by atoms with van der Waals surface area (Å²) in [5.74, 6) is 0.642. The van der Waals surface area contributed by atoms with Crippen LogP contribution >= 0.6 is 0 Å². The molecule has 0 aliphatic rings. The van der Waals surface area contributed by atoms with Gasteiger partial charge in [-0.3, -0.25) is 4.98 Å². The first kappa shape index (κ1) is 15.1. The van der Waals surface area contributed by atoms with Crippen molar-refractivity contribution >= 4 is 0 Å². The Balaban J connectivity index is 2.26. The van der Waals surface area contributed by atoms with Crippen LogP contribution in [0.4, 0.5) is 0 Å². The maximum Gasteiger partial charge on any atom is 0.0887 e. The van der Waals surface area contributed by atoms with Crippen LogP contribution in [0.25, 0.3) is 0 Å². The van der Waals surface area contributed by atoms with E-state index in [-0.39, 0.29) is 0 Å². The van der Waals surface area contributed by atoms with Gasteiger partial charge in [-0.15, -0.1) is 0 Å². The average Bonchev–Trinajstić information content (AvgIpc) is 2.38. The van der Waals surface area contributed by atoms with E-state index in [0.29, 0.717) is 12.5 Å². The molecule has 1 aromatic heterocycles.